The SMILES string of the molecule is C[C@@H]1C#CCC1CCO. The van der Waals surface area contributed by atoms with Gasteiger partial charge in [-0.1, -0.05) is 12.8 Å². The highest BCUT2D eigenvalue weighted by Crippen LogP contribution is 2.22. The molecular formula is C8H12O. The van der Waals surface area contributed by atoms with E-state index in [0.717, 1.165) is 12.8 Å². The molecule has 1 nitrogen and oxygen atoms in total. The van der Waals surface area contributed by atoms with E-state index >= 15 is 0 Å². The van der Waals surface area contributed by atoms with Gasteiger partial charge in [-0.2, -0.15) is 0 Å². The molecule has 1 heteroatoms. The normalized spacial score (nSPS) is 31.8. The molecule has 1 aliphatic carbocycles. The smallest absolute Gasteiger partial charge is 0.0434 e. The van der Waals surface area contributed by atoms with Crippen molar-refractivity contribution in [2.45, 2.75) is 19.8 Å². The van der Waals surface area contributed by atoms with E-state index in [-0.39, 0.29) is 0 Å². The molecule has 0 saturated heterocycles. The van der Waals surface area contributed by atoms with Gasteiger partial charge in [-0.3, -0.25) is 0 Å². The first-order chi connectivity index (χ1) is 4.34. The van der Waals surface area contributed by atoms with Crippen LogP contribution in [0, 0.1) is 23.7 Å². The topological polar surface area (TPSA) is 20.2 Å². The summed E-state index contributed by atoms with van der Waals surface area (Å²) in [6, 6.07) is 0. The van der Waals surface area contributed by atoms with E-state index in [2.05, 4.69) is 18.8 Å². The summed E-state index contributed by atoms with van der Waals surface area (Å²) in [4.78, 5) is 0. The lowest BCUT2D eigenvalue weighted by Crippen LogP contribution is -2.06. The zero-order valence-electron chi connectivity index (χ0n) is 5.72. The summed E-state index contributed by atoms with van der Waals surface area (Å²) >= 11 is 0. The van der Waals surface area contributed by atoms with Crippen molar-refractivity contribution in [1.82, 2.24) is 0 Å². The number of rotatable bonds is 2. The molecule has 0 fully saturated rings. The summed E-state index contributed by atoms with van der Waals surface area (Å²) < 4.78 is 0. The van der Waals surface area contributed by atoms with Gasteiger partial charge in [0.25, 0.3) is 0 Å². The fraction of sp³-hybridized carbons (Fsp3) is 0.750. The van der Waals surface area contributed by atoms with Crippen LogP contribution in [0.1, 0.15) is 19.8 Å². The zero-order valence-corrected chi connectivity index (χ0v) is 5.72. The lowest BCUT2D eigenvalue weighted by molar-refractivity contribution is 0.246. The van der Waals surface area contributed by atoms with E-state index in [4.69, 9.17) is 5.11 Å². The molecule has 0 heterocycles. The van der Waals surface area contributed by atoms with E-state index in [9.17, 15) is 0 Å². The van der Waals surface area contributed by atoms with Crippen molar-refractivity contribution in [1.29, 1.82) is 0 Å². The molecule has 0 amide bonds. The minimum Gasteiger partial charge on any atom is -0.396 e. The Kier molecular flexibility index (Phi) is 2.13. The van der Waals surface area contributed by atoms with Crippen LogP contribution in [-0.4, -0.2) is 11.7 Å². The fourth-order valence-corrected chi connectivity index (χ4v) is 1.16. The van der Waals surface area contributed by atoms with Gasteiger partial charge in [0.15, 0.2) is 0 Å². The summed E-state index contributed by atoms with van der Waals surface area (Å²) in [6.07, 6.45) is 1.89. The maximum atomic E-state index is 8.59. The molecule has 0 aromatic rings. The Morgan fingerprint density at radius 1 is 1.67 bits per heavy atom. The predicted molar refractivity (Wildman–Crippen MR) is 36.7 cm³/mol. The molecule has 0 spiro atoms. The van der Waals surface area contributed by atoms with Gasteiger partial charge in [-0.05, 0) is 12.3 Å². The quantitative estimate of drug-likeness (QED) is 0.545. The molecule has 0 aromatic heterocycles. The van der Waals surface area contributed by atoms with E-state index in [1.807, 2.05) is 0 Å². The Morgan fingerprint density at radius 2 is 2.44 bits per heavy atom. The third-order valence-corrected chi connectivity index (χ3v) is 1.90. The van der Waals surface area contributed by atoms with Gasteiger partial charge in [0, 0.05) is 18.9 Å². The molecule has 0 aromatic carbocycles. The molecule has 2 atom stereocenters. The van der Waals surface area contributed by atoms with Gasteiger partial charge in [0.1, 0.15) is 0 Å². The van der Waals surface area contributed by atoms with Gasteiger partial charge in [0.2, 0.25) is 0 Å². The molecule has 0 bridgehead atoms. The van der Waals surface area contributed by atoms with Crippen LogP contribution >= 0.6 is 0 Å². The van der Waals surface area contributed by atoms with Crippen molar-refractivity contribution in [3.8, 4) is 11.8 Å². The second-order valence-corrected chi connectivity index (χ2v) is 2.59. The first kappa shape index (κ1) is 6.64. The molecule has 1 N–H and O–H groups in total. The minimum absolute atomic E-state index is 0.304. The molecule has 1 aliphatic rings. The van der Waals surface area contributed by atoms with Crippen LogP contribution in [0.5, 0.6) is 0 Å². The molecule has 9 heavy (non-hydrogen) atoms. The predicted octanol–water partition coefficient (Wildman–Crippen LogP) is 1.03. The van der Waals surface area contributed by atoms with Crippen LogP contribution in [-0.2, 0) is 0 Å². The van der Waals surface area contributed by atoms with Gasteiger partial charge in [-0.25, -0.2) is 0 Å². The number of aliphatic hydroxyl groups is 1. The summed E-state index contributed by atoms with van der Waals surface area (Å²) in [6.45, 7) is 2.43. The van der Waals surface area contributed by atoms with E-state index < -0.39 is 0 Å². The third-order valence-electron chi connectivity index (χ3n) is 1.90. The molecular weight excluding hydrogens is 112 g/mol. The lowest BCUT2D eigenvalue weighted by atomic mass is 9.94. The summed E-state index contributed by atoms with van der Waals surface area (Å²) in [7, 11) is 0. The van der Waals surface area contributed by atoms with Gasteiger partial charge in [-0.15, -0.1) is 5.92 Å². The number of aliphatic hydroxyl groups excluding tert-OH is 1. The highest BCUT2D eigenvalue weighted by atomic mass is 16.3. The van der Waals surface area contributed by atoms with Crippen LogP contribution < -0.4 is 0 Å². The van der Waals surface area contributed by atoms with Gasteiger partial charge >= 0.3 is 0 Å². The van der Waals surface area contributed by atoms with Crippen molar-refractivity contribution in [2.75, 3.05) is 6.61 Å². The second-order valence-electron chi connectivity index (χ2n) is 2.59. The van der Waals surface area contributed by atoms with Crippen LogP contribution in [0.4, 0.5) is 0 Å². The van der Waals surface area contributed by atoms with Gasteiger partial charge in [0.05, 0.1) is 0 Å². The summed E-state index contributed by atoms with van der Waals surface area (Å²) in [5.41, 5.74) is 0. The second kappa shape index (κ2) is 2.89. The molecule has 0 saturated carbocycles. The molecule has 1 rings (SSSR count). The Morgan fingerprint density at radius 3 is 2.89 bits per heavy atom. The van der Waals surface area contributed by atoms with Crippen LogP contribution in [0.25, 0.3) is 0 Å². The van der Waals surface area contributed by atoms with Crippen LogP contribution in [0.15, 0.2) is 0 Å². The highest BCUT2D eigenvalue weighted by Gasteiger charge is 2.16. The minimum atomic E-state index is 0.304. The van der Waals surface area contributed by atoms with E-state index in [1.54, 1.807) is 0 Å². The third kappa shape index (κ3) is 1.46. The van der Waals surface area contributed by atoms with Crippen LogP contribution in [0.3, 0.4) is 0 Å². The maximum absolute atomic E-state index is 8.59. The van der Waals surface area contributed by atoms with Crippen molar-refractivity contribution >= 4 is 0 Å². The standard InChI is InChI=1S/C8H12O/c1-7-3-2-4-8(7)5-6-9/h7-9H,4-6H2,1H3/t7-,8?/m1/s1. The Bertz CT molecular complexity index is 140. The largest absolute Gasteiger partial charge is 0.396 e. The van der Waals surface area contributed by atoms with Crippen molar-refractivity contribution < 1.29 is 5.11 Å². The summed E-state index contributed by atoms with van der Waals surface area (Å²) in [5.74, 6) is 7.26. The van der Waals surface area contributed by atoms with Crippen molar-refractivity contribution in [3.05, 3.63) is 0 Å². The average Bonchev–Trinajstić information content (AvgIpc) is 2.18. The average molecular weight is 124 g/mol. The zero-order chi connectivity index (χ0) is 6.69. The molecule has 0 radical (unpaired) electrons. The molecule has 50 valence electrons. The first-order valence-electron chi connectivity index (χ1n) is 3.44. The van der Waals surface area contributed by atoms with Crippen LogP contribution in [0.2, 0.25) is 0 Å². The van der Waals surface area contributed by atoms with E-state index in [0.29, 0.717) is 18.4 Å². The fourth-order valence-electron chi connectivity index (χ4n) is 1.16. The lowest BCUT2D eigenvalue weighted by Gasteiger charge is -2.10. The molecule has 0 aliphatic heterocycles. The van der Waals surface area contributed by atoms with E-state index in [1.165, 1.54) is 0 Å². The number of hydrogen-bond acceptors (Lipinski definition) is 1. The maximum Gasteiger partial charge on any atom is 0.0434 e. The Labute approximate surface area is 56.1 Å². The van der Waals surface area contributed by atoms with Crippen molar-refractivity contribution in [3.63, 3.8) is 0 Å². The molecule has 1 unspecified atom stereocenters. The first-order valence-corrected chi connectivity index (χ1v) is 3.44. The Balaban J connectivity index is 2.29. The monoisotopic (exact) mass is 124 g/mol. The summed E-state index contributed by atoms with van der Waals surface area (Å²) in [5, 5.41) is 8.59. The number of hydrogen-bond donors (Lipinski definition) is 1. The highest BCUT2D eigenvalue weighted by molar-refractivity contribution is 5.12. The van der Waals surface area contributed by atoms with Gasteiger partial charge < -0.3 is 5.11 Å². The Hall–Kier alpha value is -0.480. The van der Waals surface area contributed by atoms with Crippen molar-refractivity contribution in [2.24, 2.45) is 11.8 Å².